The SMILES string of the molecule is COCCNC(=O)C1CCC(Nc2ncc3nnn(-c4ccc5nc(C)ccc5c4)c3n2)C1. The van der Waals surface area contributed by atoms with Crippen molar-refractivity contribution in [3.8, 4) is 5.69 Å². The Hall–Kier alpha value is -3.66. The number of nitrogens with zero attached hydrogens (tertiary/aromatic N) is 6. The van der Waals surface area contributed by atoms with Crippen LogP contribution in [0.1, 0.15) is 25.0 Å². The number of hydrogen-bond donors (Lipinski definition) is 2. The predicted octanol–water partition coefficient (Wildman–Crippen LogP) is 2.41. The zero-order valence-electron chi connectivity index (χ0n) is 18.7. The van der Waals surface area contributed by atoms with Gasteiger partial charge in [-0.1, -0.05) is 11.3 Å². The topological polar surface area (TPSA) is 120 Å². The van der Waals surface area contributed by atoms with E-state index in [1.165, 1.54) is 0 Å². The van der Waals surface area contributed by atoms with E-state index in [-0.39, 0.29) is 17.9 Å². The number of aryl methyl sites for hydroxylation is 1. The van der Waals surface area contributed by atoms with E-state index >= 15 is 0 Å². The van der Waals surface area contributed by atoms with Crippen molar-refractivity contribution >= 4 is 33.9 Å². The fourth-order valence-corrected chi connectivity index (χ4v) is 4.27. The van der Waals surface area contributed by atoms with Crippen LogP contribution in [0.2, 0.25) is 0 Å². The van der Waals surface area contributed by atoms with Crippen molar-refractivity contribution in [2.75, 3.05) is 25.6 Å². The van der Waals surface area contributed by atoms with Gasteiger partial charge in [-0.05, 0) is 50.5 Å². The molecule has 3 heterocycles. The summed E-state index contributed by atoms with van der Waals surface area (Å²) in [5.74, 6) is 0.579. The van der Waals surface area contributed by atoms with Crippen LogP contribution in [-0.4, -0.2) is 62.2 Å². The van der Waals surface area contributed by atoms with Crippen molar-refractivity contribution in [1.82, 2.24) is 35.3 Å². The Morgan fingerprint density at radius 1 is 1.18 bits per heavy atom. The van der Waals surface area contributed by atoms with E-state index in [9.17, 15) is 4.79 Å². The number of aromatic nitrogens is 6. The summed E-state index contributed by atoms with van der Waals surface area (Å²) in [6.07, 6.45) is 4.14. The van der Waals surface area contributed by atoms with Crippen LogP contribution in [0.5, 0.6) is 0 Å². The van der Waals surface area contributed by atoms with E-state index in [1.807, 2.05) is 37.3 Å². The van der Waals surface area contributed by atoms with Crippen molar-refractivity contribution in [3.63, 3.8) is 0 Å². The normalized spacial score (nSPS) is 18.1. The van der Waals surface area contributed by atoms with Gasteiger partial charge in [0.05, 0.1) is 24.0 Å². The summed E-state index contributed by atoms with van der Waals surface area (Å²) < 4.78 is 6.70. The first-order valence-electron chi connectivity index (χ1n) is 11.1. The number of rotatable bonds is 7. The number of carbonyl (C=O) groups is 1. The average Bonchev–Trinajstić information content (AvgIpc) is 3.46. The fraction of sp³-hybridized carbons (Fsp3) is 0.391. The second kappa shape index (κ2) is 9.07. The number of hydrogen-bond acceptors (Lipinski definition) is 8. The molecule has 5 rings (SSSR count). The van der Waals surface area contributed by atoms with Crippen LogP contribution in [0.25, 0.3) is 27.8 Å². The molecule has 10 heteroatoms. The number of benzene rings is 1. The second-order valence-electron chi connectivity index (χ2n) is 8.37. The Bertz CT molecular complexity index is 1300. The predicted molar refractivity (Wildman–Crippen MR) is 124 cm³/mol. The number of fused-ring (bicyclic) bond motifs is 2. The first-order valence-corrected chi connectivity index (χ1v) is 11.1. The monoisotopic (exact) mass is 446 g/mol. The lowest BCUT2D eigenvalue weighted by Crippen LogP contribution is -2.32. The van der Waals surface area contributed by atoms with Crippen LogP contribution in [0.15, 0.2) is 36.5 Å². The molecular weight excluding hydrogens is 420 g/mol. The molecule has 10 nitrogen and oxygen atoms in total. The molecule has 2 N–H and O–H groups in total. The van der Waals surface area contributed by atoms with Gasteiger partial charge < -0.3 is 15.4 Å². The molecule has 1 saturated carbocycles. The molecule has 4 aromatic rings. The summed E-state index contributed by atoms with van der Waals surface area (Å²) in [6, 6.07) is 10.1. The minimum atomic E-state index is -0.00914. The van der Waals surface area contributed by atoms with E-state index in [4.69, 9.17) is 4.74 Å². The van der Waals surface area contributed by atoms with Gasteiger partial charge in [0.2, 0.25) is 11.9 Å². The zero-order chi connectivity index (χ0) is 22.8. The molecule has 2 atom stereocenters. The summed E-state index contributed by atoms with van der Waals surface area (Å²) in [5, 5.41) is 15.8. The number of ether oxygens (including phenoxy) is 1. The summed E-state index contributed by atoms with van der Waals surface area (Å²) in [7, 11) is 1.62. The lowest BCUT2D eigenvalue weighted by atomic mass is 10.1. The Labute approximate surface area is 190 Å². The van der Waals surface area contributed by atoms with Crippen LogP contribution in [0, 0.1) is 12.8 Å². The van der Waals surface area contributed by atoms with Crippen LogP contribution in [0.3, 0.4) is 0 Å². The molecule has 0 aliphatic heterocycles. The summed E-state index contributed by atoms with van der Waals surface area (Å²) >= 11 is 0. The molecule has 0 bridgehead atoms. The van der Waals surface area contributed by atoms with Crippen molar-refractivity contribution in [2.24, 2.45) is 5.92 Å². The van der Waals surface area contributed by atoms with Gasteiger partial charge in [0.15, 0.2) is 11.2 Å². The van der Waals surface area contributed by atoms with Crippen LogP contribution in [0.4, 0.5) is 5.95 Å². The summed E-state index contributed by atoms with van der Waals surface area (Å²) in [5.41, 5.74) is 4.01. The smallest absolute Gasteiger partial charge is 0.225 e. The Morgan fingerprint density at radius 2 is 2.09 bits per heavy atom. The summed E-state index contributed by atoms with van der Waals surface area (Å²) in [4.78, 5) is 26.0. The Kier molecular flexibility index (Phi) is 5.82. The molecule has 2 unspecified atom stereocenters. The molecular formula is C23H26N8O2. The minimum Gasteiger partial charge on any atom is -0.383 e. The highest BCUT2D eigenvalue weighted by Crippen LogP contribution is 2.28. The van der Waals surface area contributed by atoms with Gasteiger partial charge in [-0.15, -0.1) is 5.10 Å². The van der Waals surface area contributed by atoms with Crippen molar-refractivity contribution in [3.05, 3.63) is 42.2 Å². The molecule has 170 valence electrons. The van der Waals surface area contributed by atoms with E-state index < -0.39 is 0 Å². The average molecular weight is 447 g/mol. The highest BCUT2D eigenvalue weighted by molar-refractivity contribution is 5.82. The van der Waals surface area contributed by atoms with Crippen LogP contribution in [-0.2, 0) is 9.53 Å². The zero-order valence-corrected chi connectivity index (χ0v) is 18.7. The largest absolute Gasteiger partial charge is 0.383 e. The van der Waals surface area contributed by atoms with Gasteiger partial charge in [-0.3, -0.25) is 9.78 Å². The summed E-state index contributed by atoms with van der Waals surface area (Å²) in [6.45, 7) is 3.03. The highest BCUT2D eigenvalue weighted by atomic mass is 16.5. The van der Waals surface area contributed by atoms with Gasteiger partial charge >= 0.3 is 0 Å². The standard InChI is InChI=1S/C23H26N8O2/c1-14-3-4-15-12-18(7-8-19(15)26-14)31-21-20(29-30-31)13-25-23(28-21)27-17-6-5-16(11-17)22(32)24-9-10-33-2/h3-4,7-8,12-13,16-17H,5-6,9-11H2,1-2H3,(H,24,32)(H,25,27,28). The molecule has 1 aliphatic rings. The molecule has 1 fully saturated rings. The first kappa shape index (κ1) is 21.2. The third kappa shape index (κ3) is 4.47. The molecule has 0 saturated heterocycles. The number of carbonyl (C=O) groups excluding carboxylic acids is 1. The molecule has 1 amide bonds. The van der Waals surface area contributed by atoms with Gasteiger partial charge in [-0.25, -0.2) is 4.98 Å². The molecule has 1 aromatic carbocycles. The van der Waals surface area contributed by atoms with E-state index in [2.05, 4.69) is 35.9 Å². The fourth-order valence-electron chi connectivity index (χ4n) is 4.27. The van der Waals surface area contributed by atoms with Crippen molar-refractivity contribution in [2.45, 2.75) is 32.2 Å². The lowest BCUT2D eigenvalue weighted by molar-refractivity contribution is -0.125. The number of amides is 1. The van der Waals surface area contributed by atoms with Crippen molar-refractivity contribution < 1.29 is 9.53 Å². The molecule has 1 aliphatic carbocycles. The van der Waals surface area contributed by atoms with Gasteiger partial charge in [0.1, 0.15) is 0 Å². The molecule has 3 aromatic heterocycles. The number of methoxy groups -OCH3 is 1. The van der Waals surface area contributed by atoms with Crippen LogP contribution >= 0.6 is 0 Å². The minimum absolute atomic E-state index is 0.00914. The number of nitrogens with one attached hydrogen (secondary N) is 2. The van der Waals surface area contributed by atoms with Crippen molar-refractivity contribution in [1.29, 1.82) is 0 Å². The lowest BCUT2D eigenvalue weighted by Gasteiger charge is -2.13. The van der Waals surface area contributed by atoms with Gasteiger partial charge in [-0.2, -0.15) is 9.67 Å². The Morgan fingerprint density at radius 3 is 2.97 bits per heavy atom. The third-order valence-electron chi connectivity index (χ3n) is 5.99. The third-order valence-corrected chi connectivity index (χ3v) is 5.99. The molecule has 33 heavy (non-hydrogen) atoms. The number of pyridine rings is 1. The van der Waals surface area contributed by atoms with Gasteiger partial charge in [0.25, 0.3) is 0 Å². The van der Waals surface area contributed by atoms with E-state index in [1.54, 1.807) is 18.0 Å². The molecule has 0 spiro atoms. The van der Waals surface area contributed by atoms with E-state index in [0.29, 0.717) is 30.3 Å². The van der Waals surface area contributed by atoms with Crippen LogP contribution < -0.4 is 10.6 Å². The maximum absolute atomic E-state index is 12.3. The number of anilines is 1. The highest BCUT2D eigenvalue weighted by Gasteiger charge is 2.30. The maximum atomic E-state index is 12.3. The quantitative estimate of drug-likeness (QED) is 0.415. The second-order valence-corrected chi connectivity index (χ2v) is 8.37. The van der Waals surface area contributed by atoms with Gasteiger partial charge in [0, 0.05) is 36.7 Å². The maximum Gasteiger partial charge on any atom is 0.225 e. The first-order chi connectivity index (χ1) is 16.1. The molecule has 0 radical (unpaired) electrons. The Balaban J connectivity index is 1.33. The van der Waals surface area contributed by atoms with E-state index in [0.717, 1.165) is 41.5 Å².